The number of esters is 1. The summed E-state index contributed by atoms with van der Waals surface area (Å²) in [4.78, 5) is 35.9. The summed E-state index contributed by atoms with van der Waals surface area (Å²) in [5, 5.41) is 0.709. The van der Waals surface area contributed by atoms with Gasteiger partial charge in [-0.1, -0.05) is 12.1 Å². The van der Waals surface area contributed by atoms with Crippen LogP contribution in [0, 0.1) is 0 Å². The first-order chi connectivity index (χ1) is 16.6. The molecule has 1 amide bonds. The molecule has 186 valence electrons. The highest BCUT2D eigenvalue weighted by Gasteiger charge is 2.43. The van der Waals surface area contributed by atoms with Crippen molar-refractivity contribution >= 4 is 28.9 Å². The van der Waals surface area contributed by atoms with Gasteiger partial charge >= 0.3 is 12.1 Å². The number of hydrogen-bond donors (Lipinski definition) is 1. The summed E-state index contributed by atoms with van der Waals surface area (Å²) < 4.78 is 18.1. The number of rotatable bonds is 5. The number of benzene rings is 1. The Balaban J connectivity index is 1.76. The van der Waals surface area contributed by atoms with E-state index in [0.29, 0.717) is 23.3 Å². The van der Waals surface area contributed by atoms with Crippen molar-refractivity contribution in [1.29, 1.82) is 0 Å². The van der Waals surface area contributed by atoms with Crippen LogP contribution in [0.2, 0.25) is 0 Å². The maximum Gasteiger partial charge on any atom is 0.411 e. The number of nitrogens with zero attached hydrogens (tertiary/aromatic N) is 4. The van der Waals surface area contributed by atoms with Gasteiger partial charge in [0.25, 0.3) is 0 Å². The SMILES string of the molecule is CCOC(=O)[C@H]1C[C@@H](n2cc(-c3ccc(OC)cc3)c3c(N)ncnc32)CN1C(=O)OC(C)(C)C. The molecule has 4 rings (SSSR count). The predicted octanol–water partition coefficient (Wildman–Crippen LogP) is 3.80. The van der Waals surface area contributed by atoms with Crippen LogP contribution in [0.25, 0.3) is 22.2 Å². The number of aromatic nitrogens is 3. The van der Waals surface area contributed by atoms with E-state index in [2.05, 4.69) is 9.97 Å². The van der Waals surface area contributed by atoms with Gasteiger partial charge in [0.05, 0.1) is 25.1 Å². The molecule has 10 heteroatoms. The number of nitrogen functional groups attached to an aromatic ring is 1. The third kappa shape index (κ3) is 4.87. The Morgan fingerprint density at radius 1 is 1.17 bits per heavy atom. The summed E-state index contributed by atoms with van der Waals surface area (Å²) in [6.45, 7) is 7.59. The van der Waals surface area contributed by atoms with E-state index in [9.17, 15) is 9.59 Å². The fourth-order valence-corrected chi connectivity index (χ4v) is 4.38. The minimum Gasteiger partial charge on any atom is -0.497 e. The second-order valence-electron chi connectivity index (χ2n) is 9.43. The summed E-state index contributed by atoms with van der Waals surface area (Å²) in [5.41, 5.74) is 7.97. The standard InChI is InChI=1S/C25H31N5O5/c1-6-34-23(31)19-11-16(12-30(19)24(32)35-25(2,3)4)29-13-18(15-7-9-17(33-5)10-8-15)20-21(26)27-14-28-22(20)29/h7-10,13-14,16,19H,6,11-12H2,1-5H3,(H2,26,27,28)/t16-,19-/m1/s1. The second-order valence-corrected chi connectivity index (χ2v) is 9.43. The Bertz CT molecular complexity index is 1230. The van der Waals surface area contributed by atoms with Crippen LogP contribution in [0.15, 0.2) is 36.8 Å². The Morgan fingerprint density at radius 2 is 1.89 bits per heavy atom. The zero-order valence-corrected chi connectivity index (χ0v) is 20.6. The van der Waals surface area contributed by atoms with Crippen molar-refractivity contribution in [2.75, 3.05) is 26.0 Å². The summed E-state index contributed by atoms with van der Waals surface area (Å²) in [5.74, 6) is 0.633. The smallest absolute Gasteiger partial charge is 0.411 e. The number of likely N-dealkylation sites (tertiary alicyclic amines) is 1. The second kappa shape index (κ2) is 9.44. The normalized spacial score (nSPS) is 18.0. The van der Waals surface area contributed by atoms with Crippen molar-refractivity contribution in [3.05, 3.63) is 36.8 Å². The van der Waals surface area contributed by atoms with E-state index < -0.39 is 23.7 Å². The largest absolute Gasteiger partial charge is 0.497 e. The van der Waals surface area contributed by atoms with Crippen LogP contribution < -0.4 is 10.5 Å². The fraction of sp³-hybridized carbons (Fsp3) is 0.440. The van der Waals surface area contributed by atoms with Crippen molar-refractivity contribution in [2.45, 2.75) is 51.8 Å². The molecule has 3 aromatic rings. The van der Waals surface area contributed by atoms with Crippen LogP contribution in [0.3, 0.4) is 0 Å². The lowest BCUT2D eigenvalue weighted by Gasteiger charge is -2.27. The van der Waals surface area contributed by atoms with Crippen molar-refractivity contribution in [2.24, 2.45) is 0 Å². The van der Waals surface area contributed by atoms with E-state index in [4.69, 9.17) is 19.9 Å². The molecule has 1 fully saturated rings. The van der Waals surface area contributed by atoms with Crippen LogP contribution in [0.1, 0.15) is 40.2 Å². The van der Waals surface area contributed by atoms with Gasteiger partial charge in [-0.2, -0.15) is 0 Å². The lowest BCUT2D eigenvalue weighted by atomic mass is 10.1. The Labute approximate surface area is 204 Å². The van der Waals surface area contributed by atoms with Gasteiger partial charge in [0, 0.05) is 24.7 Å². The van der Waals surface area contributed by atoms with Gasteiger partial charge in [-0.15, -0.1) is 0 Å². The molecule has 1 aromatic carbocycles. The molecule has 1 aliphatic rings. The topological polar surface area (TPSA) is 122 Å². The fourth-order valence-electron chi connectivity index (χ4n) is 4.38. The molecule has 1 saturated heterocycles. The van der Waals surface area contributed by atoms with E-state index in [1.165, 1.54) is 11.2 Å². The maximum absolute atomic E-state index is 13.0. The quantitative estimate of drug-likeness (QED) is 0.546. The molecule has 35 heavy (non-hydrogen) atoms. The lowest BCUT2D eigenvalue weighted by molar-refractivity contribution is -0.148. The van der Waals surface area contributed by atoms with Crippen LogP contribution in [0.4, 0.5) is 10.6 Å². The van der Waals surface area contributed by atoms with Crippen LogP contribution in [-0.4, -0.2) is 63.4 Å². The summed E-state index contributed by atoms with van der Waals surface area (Å²) >= 11 is 0. The molecule has 2 N–H and O–H groups in total. The summed E-state index contributed by atoms with van der Waals surface area (Å²) in [7, 11) is 1.61. The number of carbonyl (C=O) groups excluding carboxylic acids is 2. The molecule has 2 atom stereocenters. The van der Waals surface area contributed by atoms with Crippen molar-refractivity contribution in [3.63, 3.8) is 0 Å². The molecule has 0 spiro atoms. The highest BCUT2D eigenvalue weighted by atomic mass is 16.6. The minimum absolute atomic E-state index is 0.222. The molecular formula is C25H31N5O5. The third-order valence-corrected chi connectivity index (χ3v) is 5.90. The van der Waals surface area contributed by atoms with Gasteiger partial charge in [0.2, 0.25) is 0 Å². The van der Waals surface area contributed by atoms with Crippen LogP contribution >= 0.6 is 0 Å². The van der Waals surface area contributed by atoms with E-state index >= 15 is 0 Å². The van der Waals surface area contributed by atoms with Crippen LogP contribution in [-0.2, 0) is 14.3 Å². The molecule has 0 saturated carbocycles. The van der Waals surface area contributed by atoms with Gasteiger partial charge in [0.1, 0.15) is 35.2 Å². The molecular weight excluding hydrogens is 450 g/mol. The first kappa shape index (κ1) is 24.3. The zero-order chi connectivity index (χ0) is 25.3. The highest BCUT2D eigenvalue weighted by Crippen LogP contribution is 2.38. The average Bonchev–Trinajstić information content (AvgIpc) is 3.41. The first-order valence-corrected chi connectivity index (χ1v) is 11.5. The van der Waals surface area contributed by atoms with Gasteiger partial charge in [-0.05, 0) is 45.4 Å². The Morgan fingerprint density at radius 3 is 2.51 bits per heavy atom. The molecule has 0 unspecified atom stereocenters. The number of methoxy groups -OCH3 is 1. The molecule has 0 aliphatic carbocycles. The van der Waals surface area contributed by atoms with Gasteiger partial charge < -0.3 is 24.5 Å². The lowest BCUT2D eigenvalue weighted by Crippen LogP contribution is -2.44. The van der Waals surface area contributed by atoms with Gasteiger partial charge in [0.15, 0.2) is 0 Å². The van der Waals surface area contributed by atoms with Crippen LogP contribution in [0.5, 0.6) is 5.75 Å². The van der Waals surface area contributed by atoms with Crippen molar-refractivity contribution in [1.82, 2.24) is 19.4 Å². The number of anilines is 1. The molecule has 1 aliphatic heterocycles. The van der Waals surface area contributed by atoms with Crippen molar-refractivity contribution < 1.29 is 23.8 Å². The predicted molar refractivity (Wildman–Crippen MR) is 131 cm³/mol. The Kier molecular flexibility index (Phi) is 6.56. The Hall–Kier alpha value is -3.82. The van der Waals surface area contributed by atoms with E-state index in [1.807, 2.05) is 35.0 Å². The maximum atomic E-state index is 13.0. The van der Waals surface area contributed by atoms with Gasteiger partial charge in [-0.3, -0.25) is 4.90 Å². The average molecular weight is 482 g/mol. The number of amides is 1. The highest BCUT2D eigenvalue weighted by molar-refractivity contribution is 6.00. The van der Waals surface area contributed by atoms with Gasteiger partial charge in [-0.25, -0.2) is 19.6 Å². The number of hydrogen-bond acceptors (Lipinski definition) is 8. The van der Waals surface area contributed by atoms with Crippen molar-refractivity contribution in [3.8, 4) is 16.9 Å². The molecule has 3 heterocycles. The third-order valence-electron chi connectivity index (χ3n) is 5.90. The number of ether oxygens (including phenoxy) is 3. The van der Waals surface area contributed by atoms with E-state index in [-0.39, 0.29) is 19.2 Å². The monoisotopic (exact) mass is 481 g/mol. The molecule has 0 bridgehead atoms. The van der Waals surface area contributed by atoms with E-state index in [0.717, 1.165) is 16.9 Å². The molecule has 10 nitrogen and oxygen atoms in total. The van der Waals surface area contributed by atoms with E-state index in [1.54, 1.807) is 34.8 Å². The zero-order valence-electron chi connectivity index (χ0n) is 20.6. The summed E-state index contributed by atoms with van der Waals surface area (Å²) in [6, 6.07) is 6.60. The summed E-state index contributed by atoms with van der Waals surface area (Å²) in [6.07, 6.45) is 3.16. The molecule has 0 radical (unpaired) electrons. The number of nitrogens with two attached hydrogens (primary N) is 1. The molecule has 2 aromatic heterocycles. The minimum atomic E-state index is -0.768. The number of carbonyl (C=O) groups is 2. The first-order valence-electron chi connectivity index (χ1n) is 11.5. The number of fused-ring (bicyclic) bond motifs is 1.